The summed E-state index contributed by atoms with van der Waals surface area (Å²) in [5, 5.41) is 27.3. The van der Waals surface area contributed by atoms with Crippen LogP contribution in [0.15, 0.2) is 24.4 Å². The number of nitrogens with zero attached hydrogens (tertiary/aromatic N) is 2. The maximum atomic E-state index is 13.5. The summed E-state index contributed by atoms with van der Waals surface area (Å²) in [4.78, 5) is 15.4. The molecule has 4 N–H and O–H groups in total. The molecule has 0 spiro atoms. The molecule has 0 unspecified atom stereocenters. The summed E-state index contributed by atoms with van der Waals surface area (Å²) in [6, 6.07) is 6.16. The number of fused-ring (bicyclic) bond motifs is 1. The molecular weight excluding hydrogens is 466 g/mol. The second-order valence-corrected chi connectivity index (χ2v) is 11.2. The Bertz CT molecular complexity index is 975. The van der Waals surface area contributed by atoms with E-state index in [0.717, 1.165) is 61.7 Å². The number of aliphatic hydroxyl groups is 1. The third-order valence-corrected chi connectivity index (χ3v) is 8.60. The van der Waals surface area contributed by atoms with E-state index in [1.165, 1.54) is 32.1 Å². The van der Waals surface area contributed by atoms with E-state index < -0.39 is 5.60 Å². The number of hydrogen-bond donors (Lipinski definition) is 4. The molecule has 206 valence electrons. The Kier molecular flexibility index (Phi) is 10.2. The van der Waals surface area contributed by atoms with Gasteiger partial charge in [-0.3, -0.25) is 5.10 Å². The molecule has 1 saturated carbocycles. The van der Waals surface area contributed by atoms with Gasteiger partial charge in [-0.05, 0) is 51.5 Å². The van der Waals surface area contributed by atoms with Crippen molar-refractivity contribution in [3.05, 3.63) is 30.0 Å². The number of para-hydroxylation sites is 1. The van der Waals surface area contributed by atoms with Crippen molar-refractivity contribution in [2.75, 3.05) is 40.4 Å². The highest BCUT2D eigenvalue weighted by atomic mass is 16.5. The number of rotatable bonds is 12. The van der Waals surface area contributed by atoms with E-state index in [9.17, 15) is 9.90 Å². The number of amides is 2. The Morgan fingerprint density at radius 1 is 1.24 bits per heavy atom. The Balaban J connectivity index is 1.48. The van der Waals surface area contributed by atoms with Gasteiger partial charge in [0.15, 0.2) is 0 Å². The highest BCUT2D eigenvalue weighted by molar-refractivity contribution is 5.82. The smallest absolute Gasteiger partial charge is 0.317 e. The largest absolute Gasteiger partial charge is 0.385 e. The first-order chi connectivity index (χ1) is 18.0. The van der Waals surface area contributed by atoms with Crippen LogP contribution in [0.3, 0.4) is 0 Å². The molecule has 0 bridgehead atoms. The molecule has 1 saturated heterocycles. The van der Waals surface area contributed by atoms with Gasteiger partial charge >= 0.3 is 6.03 Å². The second-order valence-electron chi connectivity index (χ2n) is 11.2. The highest BCUT2D eigenvalue weighted by Gasteiger charge is 2.42. The summed E-state index contributed by atoms with van der Waals surface area (Å²) in [6.07, 6.45) is 13.5. The molecule has 2 aromatic rings. The van der Waals surface area contributed by atoms with Gasteiger partial charge in [0.2, 0.25) is 0 Å². The Morgan fingerprint density at radius 2 is 2.08 bits per heavy atom. The van der Waals surface area contributed by atoms with Crippen LogP contribution >= 0.6 is 0 Å². The molecule has 3 atom stereocenters. The van der Waals surface area contributed by atoms with Crippen LogP contribution in [0.1, 0.15) is 76.2 Å². The molecule has 0 radical (unpaired) electrons. The minimum atomic E-state index is -1.05. The number of nitrogens with one attached hydrogen (secondary N) is 3. The Morgan fingerprint density at radius 3 is 2.86 bits per heavy atom. The van der Waals surface area contributed by atoms with Gasteiger partial charge < -0.3 is 25.4 Å². The summed E-state index contributed by atoms with van der Waals surface area (Å²) in [6.45, 7) is 2.74. The van der Waals surface area contributed by atoms with Crippen LogP contribution in [-0.2, 0) is 10.3 Å². The van der Waals surface area contributed by atoms with Gasteiger partial charge in [0.1, 0.15) is 0 Å². The summed E-state index contributed by atoms with van der Waals surface area (Å²) >= 11 is 0. The first-order valence-corrected chi connectivity index (χ1v) is 14.4. The monoisotopic (exact) mass is 513 g/mol. The summed E-state index contributed by atoms with van der Waals surface area (Å²) in [7, 11) is 3.67. The van der Waals surface area contributed by atoms with E-state index in [2.05, 4.69) is 20.8 Å². The fourth-order valence-electron chi connectivity index (χ4n) is 6.61. The third kappa shape index (κ3) is 7.03. The van der Waals surface area contributed by atoms with Crippen LogP contribution in [0.5, 0.6) is 0 Å². The summed E-state index contributed by atoms with van der Waals surface area (Å²) in [5.41, 5.74) is 0.725. The number of H-pyrrole nitrogens is 1. The van der Waals surface area contributed by atoms with Crippen molar-refractivity contribution in [3.63, 3.8) is 0 Å². The average molecular weight is 514 g/mol. The number of aromatic amines is 1. The van der Waals surface area contributed by atoms with Gasteiger partial charge in [-0.2, -0.15) is 5.10 Å². The lowest BCUT2D eigenvalue weighted by atomic mass is 9.73. The normalized spacial score (nSPS) is 21.6. The highest BCUT2D eigenvalue weighted by Crippen LogP contribution is 2.42. The van der Waals surface area contributed by atoms with E-state index in [0.29, 0.717) is 25.5 Å². The molecule has 2 aliphatic rings. The van der Waals surface area contributed by atoms with E-state index in [4.69, 9.17) is 4.74 Å². The zero-order valence-corrected chi connectivity index (χ0v) is 22.8. The van der Waals surface area contributed by atoms with E-state index in [1.54, 1.807) is 13.3 Å². The number of ether oxygens (including phenoxy) is 1. The van der Waals surface area contributed by atoms with Gasteiger partial charge in [0.25, 0.3) is 0 Å². The molecule has 1 aliphatic carbocycles. The lowest BCUT2D eigenvalue weighted by molar-refractivity contribution is -0.0553. The molecule has 2 heterocycles. The van der Waals surface area contributed by atoms with Crippen LogP contribution in [0.4, 0.5) is 4.79 Å². The SMILES string of the molecule is CNC[C@H](CC1CCCCC1)NC(=O)N1CCC[C@@H]([C@](O)(CCCCOC)c2cccc3cn[nH]c23)C1. The van der Waals surface area contributed by atoms with Gasteiger partial charge in [-0.15, -0.1) is 0 Å². The Hall–Kier alpha value is -2.16. The van der Waals surface area contributed by atoms with Crippen LogP contribution in [0, 0.1) is 11.8 Å². The van der Waals surface area contributed by atoms with E-state index in [-0.39, 0.29) is 18.0 Å². The van der Waals surface area contributed by atoms with Crippen molar-refractivity contribution in [2.45, 2.75) is 82.3 Å². The number of urea groups is 1. The topological polar surface area (TPSA) is 103 Å². The van der Waals surface area contributed by atoms with Crippen molar-refractivity contribution < 1.29 is 14.6 Å². The summed E-state index contributed by atoms with van der Waals surface area (Å²) < 4.78 is 5.26. The second kappa shape index (κ2) is 13.6. The molecule has 4 rings (SSSR count). The standard InChI is InChI=1S/C29H47N5O3/c1-30-20-25(18-22-10-4-3-5-11-22)32-28(35)34-16-9-13-24(21-34)29(36,15-6-7-17-37-2)26-14-8-12-23-19-31-33-27(23)26/h8,12,14,19,22,24-25,30,36H,3-7,9-11,13,15-18,20-21H2,1-2H3,(H,31,33)(H,32,35)/t24-,25+,29-/m1/s1. The number of methoxy groups -OCH3 is 1. The van der Waals surface area contributed by atoms with Crippen LogP contribution in [0.2, 0.25) is 0 Å². The zero-order chi connectivity index (χ0) is 26.1. The number of likely N-dealkylation sites (tertiary alicyclic amines) is 1. The molecule has 2 fully saturated rings. The van der Waals surface area contributed by atoms with Crippen molar-refractivity contribution >= 4 is 16.9 Å². The van der Waals surface area contributed by atoms with Gasteiger partial charge in [-0.25, -0.2) is 4.79 Å². The van der Waals surface area contributed by atoms with Crippen LogP contribution in [0.25, 0.3) is 10.9 Å². The van der Waals surface area contributed by atoms with E-state index in [1.807, 2.05) is 30.1 Å². The van der Waals surface area contributed by atoms with Crippen molar-refractivity contribution in [1.29, 1.82) is 0 Å². The maximum absolute atomic E-state index is 13.5. The van der Waals surface area contributed by atoms with Crippen LogP contribution < -0.4 is 10.6 Å². The zero-order valence-electron chi connectivity index (χ0n) is 22.8. The first-order valence-electron chi connectivity index (χ1n) is 14.4. The molecular formula is C29H47N5O3. The number of benzene rings is 1. The Labute approximate surface area is 221 Å². The molecule has 2 amide bonds. The summed E-state index contributed by atoms with van der Waals surface area (Å²) in [5.74, 6) is 0.651. The number of likely N-dealkylation sites (N-methyl/N-ethyl adjacent to an activating group) is 1. The average Bonchev–Trinajstić information content (AvgIpc) is 3.41. The lowest BCUT2D eigenvalue weighted by Crippen LogP contribution is -2.54. The maximum Gasteiger partial charge on any atom is 0.317 e. The number of carbonyl (C=O) groups excluding carboxylic acids is 1. The fourth-order valence-corrected chi connectivity index (χ4v) is 6.61. The number of aromatic nitrogens is 2. The van der Waals surface area contributed by atoms with E-state index >= 15 is 0 Å². The predicted molar refractivity (Wildman–Crippen MR) is 147 cm³/mol. The number of unbranched alkanes of at least 4 members (excludes halogenated alkanes) is 1. The molecule has 8 heteroatoms. The lowest BCUT2D eigenvalue weighted by Gasteiger charge is -2.43. The van der Waals surface area contributed by atoms with Crippen molar-refractivity contribution in [3.8, 4) is 0 Å². The number of carbonyl (C=O) groups is 1. The first kappa shape index (κ1) is 27.9. The minimum Gasteiger partial charge on any atom is -0.385 e. The van der Waals surface area contributed by atoms with Gasteiger partial charge in [-0.1, -0.05) is 50.3 Å². The third-order valence-electron chi connectivity index (χ3n) is 8.60. The van der Waals surface area contributed by atoms with Crippen molar-refractivity contribution in [1.82, 2.24) is 25.7 Å². The number of hydrogen-bond acceptors (Lipinski definition) is 5. The molecule has 1 aromatic heterocycles. The molecule has 1 aliphatic heterocycles. The van der Waals surface area contributed by atoms with Crippen LogP contribution in [-0.4, -0.2) is 72.7 Å². The number of piperidine rings is 1. The molecule has 37 heavy (non-hydrogen) atoms. The predicted octanol–water partition coefficient (Wildman–Crippen LogP) is 4.55. The molecule has 1 aromatic carbocycles. The van der Waals surface area contributed by atoms with Crippen molar-refractivity contribution in [2.24, 2.45) is 11.8 Å². The fraction of sp³-hybridized carbons (Fsp3) is 0.724. The van der Waals surface area contributed by atoms with Gasteiger partial charge in [0, 0.05) is 56.3 Å². The molecule has 8 nitrogen and oxygen atoms in total. The quantitative estimate of drug-likeness (QED) is 0.312. The minimum absolute atomic E-state index is 0.00208. The van der Waals surface area contributed by atoms with Gasteiger partial charge in [0.05, 0.1) is 17.3 Å².